The van der Waals surface area contributed by atoms with Crippen molar-refractivity contribution in [3.8, 4) is 0 Å². The van der Waals surface area contributed by atoms with Gasteiger partial charge in [-0.25, -0.2) is 4.99 Å². The third kappa shape index (κ3) is 12.8. The molecule has 1 aliphatic heterocycles. The molecule has 0 saturated carbocycles. The molecule has 0 aromatic heterocycles. The van der Waals surface area contributed by atoms with E-state index in [1.165, 1.54) is 109 Å². The molecular weight excluding hydrogens is 406 g/mol. The Morgan fingerprint density at radius 3 is 1.91 bits per heavy atom. The zero-order chi connectivity index (χ0) is 24.2. The highest BCUT2D eigenvalue weighted by atomic mass is 16.1. The highest BCUT2D eigenvalue weighted by molar-refractivity contribution is 5.78. The van der Waals surface area contributed by atoms with Gasteiger partial charge in [-0.05, 0) is 39.0 Å². The lowest BCUT2D eigenvalue weighted by Gasteiger charge is -2.39. The molecule has 1 amide bonds. The predicted octanol–water partition coefficient (Wildman–Crippen LogP) is 7.93. The Bertz CT molecular complexity index is 557. The van der Waals surface area contributed by atoms with Crippen LogP contribution < -0.4 is 5.32 Å². The largest absolute Gasteiger partial charge is 0.307 e. The number of rotatable bonds is 21. The summed E-state index contributed by atoms with van der Waals surface area (Å²) in [6.07, 6.45) is 27.7. The zero-order valence-electron chi connectivity index (χ0n) is 22.7. The van der Waals surface area contributed by atoms with Crippen LogP contribution in [0, 0.1) is 0 Å². The highest BCUT2D eigenvalue weighted by Gasteiger charge is 2.41. The van der Waals surface area contributed by atoms with Crippen LogP contribution in [0.15, 0.2) is 17.1 Å². The number of quaternary nitrogens is 1. The van der Waals surface area contributed by atoms with Gasteiger partial charge in [0.1, 0.15) is 6.54 Å². The smallest absolute Gasteiger partial charge is 0.221 e. The number of likely N-dealkylation sites (N-methyl/N-ethyl adjacent to an activating group) is 1. The van der Waals surface area contributed by atoms with Gasteiger partial charge in [-0.15, -0.1) is 0 Å². The number of amidine groups is 1. The van der Waals surface area contributed by atoms with E-state index >= 15 is 0 Å². The van der Waals surface area contributed by atoms with Gasteiger partial charge >= 0.3 is 0 Å². The van der Waals surface area contributed by atoms with Crippen LogP contribution in [0.25, 0.3) is 0 Å². The van der Waals surface area contributed by atoms with E-state index in [9.17, 15) is 4.79 Å². The monoisotopic (exact) mass is 462 g/mol. The van der Waals surface area contributed by atoms with Crippen LogP contribution in [-0.2, 0) is 4.79 Å². The van der Waals surface area contributed by atoms with E-state index in [0.29, 0.717) is 0 Å². The van der Waals surface area contributed by atoms with Crippen LogP contribution in [0.5, 0.6) is 0 Å². The van der Waals surface area contributed by atoms with Gasteiger partial charge in [-0.2, -0.15) is 0 Å². The Morgan fingerprint density at radius 2 is 1.39 bits per heavy atom. The quantitative estimate of drug-likeness (QED) is 0.105. The van der Waals surface area contributed by atoms with Gasteiger partial charge in [0.25, 0.3) is 0 Å². The molecule has 33 heavy (non-hydrogen) atoms. The number of carbonyl (C=O) groups excluding carboxylic acids is 1. The summed E-state index contributed by atoms with van der Waals surface area (Å²) in [6.45, 7) is 11.2. The summed E-state index contributed by atoms with van der Waals surface area (Å²) in [5.74, 6) is 1.37. The third-order valence-electron chi connectivity index (χ3n) is 7.44. The molecule has 0 aromatic carbocycles. The Hall–Kier alpha value is -1.16. The van der Waals surface area contributed by atoms with Crippen LogP contribution in [-0.4, -0.2) is 42.0 Å². The average molecular weight is 463 g/mol. The summed E-state index contributed by atoms with van der Waals surface area (Å²) in [5, 5.41) is 3.11. The Morgan fingerprint density at radius 1 is 0.879 bits per heavy atom. The molecule has 1 aliphatic rings. The fourth-order valence-corrected chi connectivity index (χ4v) is 5.26. The van der Waals surface area contributed by atoms with Crippen molar-refractivity contribution in [2.75, 3.05) is 19.6 Å². The maximum absolute atomic E-state index is 11.5. The first-order chi connectivity index (χ1) is 16.1. The zero-order valence-corrected chi connectivity index (χ0v) is 22.7. The molecule has 0 radical (unpaired) electrons. The summed E-state index contributed by atoms with van der Waals surface area (Å²) < 4.78 is 0.854. The van der Waals surface area contributed by atoms with E-state index in [1.807, 2.05) is 0 Å². The maximum Gasteiger partial charge on any atom is 0.221 e. The van der Waals surface area contributed by atoms with Gasteiger partial charge in [-0.3, -0.25) is 9.28 Å². The fourth-order valence-electron chi connectivity index (χ4n) is 5.26. The van der Waals surface area contributed by atoms with Crippen molar-refractivity contribution >= 4 is 11.7 Å². The first-order valence-corrected chi connectivity index (χ1v) is 14.4. The predicted molar refractivity (Wildman–Crippen MR) is 145 cm³/mol. The lowest BCUT2D eigenvalue weighted by molar-refractivity contribution is -0.861. The molecule has 0 fully saturated rings. The second kappa shape index (κ2) is 19.2. The Balaban J connectivity index is 1.98. The topological polar surface area (TPSA) is 41.5 Å². The van der Waals surface area contributed by atoms with E-state index in [-0.39, 0.29) is 12.1 Å². The molecule has 0 spiro atoms. The van der Waals surface area contributed by atoms with E-state index in [1.54, 1.807) is 6.92 Å². The molecule has 1 rings (SSSR count). The van der Waals surface area contributed by atoms with Crippen LogP contribution >= 0.6 is 0 Å². The molecule has 1 N–H and O–H groups in total. The van der Waals surface area contributed by atoms with Crippen LogP contribution in [0.4, 0.5) is 0 Å². The first-order valence-electron chi connectivity index (χ1n) is 14.4. The van der Waals surface area contributed by atoms with Crippen molar-refractivity contribution in [3.63, 3.8) is 0 Å². The minimum atomic E-state index is 0.0592. The lowest BCUT2D eigenvalue weighted by Crippen LogP contribution is -2.62. The molecule has 192 valence electrons. The van der Waals surface area contributed by atoms with Gasteiger partial charge < -0.3 is 5.32 Å². The van der Waals surface area contributed by atoms with Gasteiger partial charge in [0, 0.05) is 20.3 Å². The number of unbranched alkanes of at least 4 members (excludes halogenated alkanes) is 14. The summed E-state index contributed by atoms with van der Waals surface area (Å²) in [7, 11) is 0. The molecule has 2 atom stereocenters. The molecule has 2 unspecified atom stereocenters. The van der Waals surface area contributed by atoms with E-state index in [0.717, 1.165) is 30.5 Å². The Kier molecular flexibility index (Phi) is 17.4. The van der Waals surface area contributed by atoms with E-state index in [4.69, 9.17) is 4.99 Å². The second-order valence-corrected chi connectivity index (χ2v) is 10.1. The molecular formula is C29H56N3O+. The molecule has 0 saturated heterocycles. The molecule has 0 bridgehead atoms. The van der Waals surface area contributed by atoms with Crippen LogP contribution in [0.2, 0.25) is 0 Å². The van der Waals surface area contributed by atoms with Crippen molar-refractivity contribution in [2.45, 2.75) is 143 Å². The number of nitrogens with one attached hydrogen (secondary N) is 1. The van der Waals surface area contributed by atoms with Crippen molar-refractivity contribution in [3.05, 3.63) is 12.2 Å². The number of nitrogens with zero attached hydrogens (tertiary/aromatic N) is 2. The third-order valence-corrected chi connectivity index (χ3v) is 7.44. The highest BCUT2D eigenvalue weighted by Crippen LogP contribution is 2.23. The van der Waals surface area contributed by atoms with Crippen LogP contribution in [0.1, 0.15) is 137 Å². The van der Waals surface area contributed by atoms with E-state index in [2.05, 4.69) is 38.2 Å². The van der Waals surface area contributed by atoms with Crippen molar-refractivity contribution < 1.29 is 9.28 Å². The standard InChI is InChI=1S/C29H55N3O/c1-5-7-8-9-10-11-12-13-14-15-16-17-18-19-20-21-22-23-24-29-30-25-26-32(29,6-2)27(3)31-28(4)33/h13-14,27H,5-12,15-26H2,1-4H3/p+1/b14-13+. The average Bonchev–Trinajstić information content (AvgIpc) is 3.22. The summed E-state index contributed by atoms with van der Waals surface area (Å²) in [5.41, 5.74) is 0. The van der Waals surface area contributed by atoms with Gasteiger partial charge in [0.2, 0.25) is 5.91 Å². The van der Waals surface area contributed by atoms with Crippen LogP contribution in [0.3, 0.4) is 0 Å². The molecule has 4 nitrogen and oxygen atoms in total. The number of hydrogen-bond donors (Lipinski definition) is 1. The molecule has 4 heteroatoms. The maximum atomic E-state index is 11.5. The minimum Gasteiger partial charge on any atom is -0.307 e. The summed E-state index contributed by atoms with van der Waals surface area (Å²) in [4.78, 5) is 16.4. The minimum absolute atomic E-state index is 0.0592. The van der Waals surface area contributed by atoms with Crippen molar-refractivity contribution in [1.82, 2.24) is 5.32 Å². The second-order valence-electron chi connectivity index (χ2n) is 10.1. The first kappa shape index (κ1) is 29.9. The SMILES string of the molecule is CCCCCCCC/C=C/CCCCCCCCCCC1=NCC[N+]1(CC)C(C)NC(C)=O. The van der Waals surface area contributed by atoms with Gasteiger partial charge in [0.05, 0.1) is 13.1 Å². The van der Waals surface area contributed by atoms with Crippen molar-refractivity contribution in [2.24, 2.45) is 4.99 Å². The number of carbonyl (C=O) groups is 1. The van der Waals surface area contributed by atoms with Crippen molar-refractivity contribution in [1.29, 1.82) is 0 Å². The molecule has 0 aliphatic carbocycles. The number of hydrogen-bond acceptors (Lipinski definition) is 2. The Labute approximate surface area is 206 Å². The number of allylic oxidation sites excluding steroid dienone is 2. The van der Waals surface area contributed by atoms with E-state index < -0.39 is 0 Å². The molecule has 1 heterocycles. The van der Waals surface area contributed by atoms with Gasteiger partial charge in [0.15, 0.2) is 12.0 Å². The molecule has 0 aromatic rings. The summed E-state index contributed by atoms with van der Waals surface area (Å²) in [6, 6.07) is 0. The fraction of sp³-hybridized carbons (Fsp3) is 0.862. The lowest BCUT2D eigenvalue weighted by atomic mass is 10.1. The summed E-state index contributed by atoms with van der Waals surface area (Å²) >= 11 is 0. The number of amides is 1. The number of aliphatic imine (C=N–C) groups is 1. The van der Waals surface area contributed by atoms with Gasteiger partial charge in [-0.1, -0.05) is 89.7 Å². The normalized spacial score (nSPS) is 19.2.